The van der Waals surface area contributed by atoms with E-state index in [9.17, 15) is 0 Å². The van der Waals surface area contributed by atoms with E-state index in [0.717, 1.165) is 6.42 Å². The van der Waals surface area contributed by atoms with Gasteiger partial charge in [0, 0.05) is 7.11 Å². The van der Waals surface area contributed by atoms with Gasteiger partial charge in [0.15, 0.2) is 5.75 Å². The third-order valence-corrected chi connectivity index (χ3v) is 2.06. The number of rotatable bonds is 6. The van der Waals surface area contributed by atoms with Gasteiger partial charge in [-0.05, 0) is 6.42 Å². The molecule has 15 heavy (non-hydrogen) atoms. The van der Waals surface area contributed by atoms with Gasteiger partial charge >= 0.3 is 0 Å². The average molecular weight is 211 g/mol. The van der Waals surface area contributed by atoms with E-state index in [0.29, 0.717) is 18.3 Å². The van der Waals surface area contributed by atoms with E-state index in [-0.39, 0.29) is 6.04 Å². The highest BCUT2D eigenvalue weighted by Crippen LogP contribution is 2.08. The Balaban J connectivity index is 2.55. The van der Waals surface area contributed by atoms with Gasteiger partial charge in [-0.3, -0.25) is 0 Å². The van der Waals surface area contributed by atoms with Crippen molar-refractivity contribution in [3.05, 3.63) is 12.4 Å². The molecule has 5 heteroatoms. The molecule has 1 aromatic rings. The largest absolute Gasteiger partial charge is 0.494 e. The van der Waals surface area contributed by atoms with Crippen LogP contribution in [0.1, 0.15) is 13.3 Å². The highest BCUT2D eigenvalue weighted by molar-refractivity contribution is 5.28. The third kappa shape index (κ3) is 3.71. The predicted molar refractivity (Wildman–Crippen MR) is 58.2 cm³/mol. The monoisotopic (exact) mass is 211 g/mol. The number of hydrogen-bond acceptors (Lipinski definition) is 5. The first-order valence-corrected chi connectivity index (χ1v) is 4.91. The number of ether oxygens (including phenoxy) is 2. The number of nitrogens with zero attached hydrogens (tertiary/aromatic N) is 2. The Kier molecular flexibility index (Phi) is 4.83. The summed E-state index contributed by atoms with van der Waals surface area (Å²) in [5.74, 6) is 1.25. The molecule has 0 aliphatic heterocycles. The van der Waals surface area contributed by atoms with E-state index < -0.39 is 0 Å². The summed E-state index contributed by atoms with van der Waals surface area (Å²) in [6.07, 6.45) is 4.23. The summed E-state index contributed by atoms with van der Waals surface area (Å²) in [6, 6.07) is 0.239. The molecule has 84 valence electrons. The van der Waals surface area contributed by atoms with Gasteiger partial charge in [-0.1, -0.05) is 6.92 Å². The molecule has 0 spiro atoms. The van der Waals surface area contributed by atoms with Crippen molar-refractivity contribution in [3.63, 3.8) is 0 Å². The molecule has 0 aliphatic rings. The highest BCUT2D eigenvalue weighted by Gasteiger charge is 2.06. The van der Waals surface area contributed by atoms with Crippen LogP contribution in [-0.4, -0.2) is 36.8 Å². The summed E-state index contributed by atoms with van der Waals surface area (Å²) in [5, 5.41) is 3.18. The quantitative estimate of drug-likeness (QED) is 0.769. The maximum Gasteiger partial charge on any atom is 0.223 e. The molecule has 1 atom stereocenters. The van der Waals surface area contributed by atoms with Crippen LogP contribution in [0.3, 0.4) is 0 Å². The van der Waals surface area contributed by atoms with Crippen LogP contribution in [0.5, 0.6) is 5.75 Å². The van der Waals surface area contributed by atoms with Crippen molar-refractivity contribution >= 4 is 5.95 Å². The van der Waals surface area contributed by atoms with Crippen LogP contribution in [-0.2, 0) is 4.74 Å². The minimum absolute atomic E-state index is 0.239. The minimum Gasteiger partial charge on any atom is -0.494 e. The summed E-state index contributed by atoms with van der Waals surface area (Å²) in [7, 11) is 3.27. The Bertz CT molecular complexity index is 277. The second-order valence-electron chi connectivity index (χ2n) is 3.15. The lowest BCUT2D eigenvalue weighted by atomic mass is 10.2. The van der Waals surface area contributed by atoms with E-state index in [4.69, 9.17) is 9.47 Å². The van der Waals surface area contributed by atoms with Crippen LogP contribution in [0, 0.1) is 0 Å². The lowest BCUT2D eigenvalue weighted by Crippen LogP contribution is -2.24. The van der Waals surface area contributed by atoms with Gasteiger partial charge in [-0.25, -0.2) is 9.97 Å². The molecule has 0 fully saturated rings. The van der Waals surface area contributed by atoms with Gasteiger partial charge in [-0.2, -0.15) is 0 Å². The Morgan fingerprint density at radius 1 is 1.33 bits per heavy atom. The van der Waals surface area contributed by atoms with Gasteiger partial charge in [0.25, 0.3) is 0 Å². The molecule has 0 aliphatic carbocycles. The first-order chi connectivity index (χ1) is 7.30. The topological polar surface area (TPSA) is 56.3 Å². The Labute approximate surface area is 89.8 Å². The molecule has 1 aromatic heterocycles. The van der Waals surface area contributed by atoms with E-state index in [1.54, 1.807) is 26.6 Å². The fourth-order valence-corrected chi connectivity index (χ4v) is 1.14. The minimum atomic E-state index is 0.239. The van der Waals surface area contributed by atoms with E-state index in [1.807, 2.05) is 0 Å². The molecule has 0 aromatic carbocycles. The first kappa shape index (κ1) is 11.7. The standard InChI is InChI=1S/C10H17N3O2/c1-4-8(7-14-2)13-10-11-5-9(15-3)6-12-10/h5-6,8H,4,7H2,1-3H3,(H,11,12,13). The van der Waals surface area contributed by atoms with Gasteiger partial charge in [0.05, 0.1) is 32.2 Å². The normalized spacial score (nSPS) is 12.2. The van der Waals surface area contributed by atoms with Crippen molar-refractivity contribution in [2.24, 2.45) is 0 Å². The molecule has 0 bridgehead atoms. The number of aromatic nitrogens is 2. The Morgan fingerprint density at radius 2 is 2.00 bits per heavy atom. The maximum atomic E-state index is 5.07. The Hall–Kier alpha value is -1.36. The molecule has 1 rings (SSSR count). The Morgan fingerprint density at radius 3 is 2.47 bits per heavy atom. The number of hydrogen-bond donors (Lipinski definition) is 1. The molecule has 5 nitrogen and oxygen atoms in total. The summed E-state index contributed by atoms with van der Waals surface area (Å²) < 4.78 is 10.0. The fourth-order valence-electron chi connectivity index (χ4n) is 1.14. The smallest absolute Gasteiger partial charge is 0.223 e. The highest BCUT2D eigenvalue weighted by atomic mass is 16.5. The predicted octanol–water partition coefficient (Wildman–Crippen LogP) is 1.32. The molecule has 1 N–H and O–H groups in total. The zero-order valence-electron chi connectivity index (χ0n) is 9.36. The van der Waals surface area contributed by atoms with Crippen molar-refractivity contribution in [3.8, 4) is 5.75 Å². The molecular formula is C10H17N3O2. The van der Waals surface area contributed by atoms with E-state index >= 15 is 0 Å². The molecule has 1 heterocycles. The van der Waals surface area contributed by atoms with Crippen molar-refractivity contribution < 1.29 is 9.47 Å². The van der Waals surface area contributed by atoms with Crippen molar-refractivity contribution in [1.82, 2.24) is 9.97 Å². The van der Waals surface area contributed by atoms with Crippen LogP contribution in [0.25, 0.3) is 0 Å². The lowest BCUT2D eigenvalue weighted by molar-refractivity contribution is 0.184. The number of nitrogens with one attached hydrogen (secondary N) is 1. The zero-order chi connectivity index (χ0) is 11.1. The second kappa shape index (κ2) is 6.19. The van der Waals surface area contributed by atoms with Crippen LogP contribution in [0.15, 0.2) is 12.4 Å². The van der Waals surface area contributed by atoms with Crippen LogP contribution in [0.4, 0.5) is 5.95 Å². The molecule has 0 radical (unpaired) electrons. The van der Waals surface area contributed by atoms with Crippen LogP contribution < -0.4 is 10.1 Å². The van der Waals surface area contributed by atoms with Gasteiger partial charge in [0.1, 0.15) is 0 Å². The van der Waals surface area contributed by atoms with Crippen molar-refractivity contribution in [1.29, 1.82) is 0 Å². The van der Waals surface area contributed by atoms with Crippen LogP contribution >= 0.6 is 0 Å². The number of anilines is 1. The summed E-state index contributed by atoms with van der Waals surface area (Å²) in [4.78, 5) is 8.23. The molecule has 0 saturated carbocycles. The average Bonchev–Trinajstić information content (AvgIpc) is 2.29. The lowest BCUT2D eigenvalue weighted by Gasteiger charge is -2.15. The van der Waals surface area contributed by atoms with Crippen LogP contribution in [0.2, 0.25) is 0 Å². The summed E-state index contributed by atoms with van der Waals surface area (Å²) >= 11 is 0. The maximum absolute atomic E-state index is 5.07. The van der Waals surface area contributed by atoms with Gasteiger partial charge in [0.2, 0.25) is 5.95 Å². The van der Waals surface area contributed by atoms with Gasteiger partial charge in [-0.15, -0.1) is 0 Å². The summed E-state index contributed by atoms with van der Waals surface area (Å²) in [6.45, 7) is 2.73. The molecule has 0 amide bonds. The third-order valence-electron chi connectivity index (χ3n) is 2.06. The fraction of sp³-hybridized carbons (Fsp3) is 0.600. The summed E-state index contributed by atoms with van der Waals surface area (Å²) in [5.41, 5.74) is 0. The van der Waals surface area contributed by atoms with Crippen molar-refractivity contribution in [2.45, 2.75) is 19.4 Å². The first-order valence-electron chi connectivity index (χ1n) is 4.91. The van der Waals surface area contributed by atoms with Crippen molar-refractivity contribution in [2.75, 3.05) is 26.1 Å². The van der Waals surface area contributed by atoms with E-state index in [2.05, 4.69) is 22.2 Å². The van der Waals surface area contributed by atoms with E-state index in [1.165, 1.54) is 0 Å². The second-order valence-corrected chi connectivity index (χ2v) is 3.15. The zero-order valence-corrected chi connectivity index (χ0v) is 9.36. The molecule has 1 unspecified atom stereocenters. The SMILES string of the molecule is CCC(COC)Nc1ncc(OC)cn1. The number of methoxy groups -OCH3 is 2. The molecule has 0 saturated heterocycles. The van der Waals surface area contributed by atoms with Gasteiger partial charge < -0.3 is 14.8 Å². The molecular weight excluding hydrogens is 194 g/mol.